The van der Waals surface area contributed by atoms with Gasteiger partial charge in [0, 0.05) is 11.6 Å². The van der Waals surface area contributed by atoms with Gasteiger partial charge < -0.3 is 15.2 Å². The summed E-state index contributed by atoms with van der Waals surface area (Å²) in [6.45, 7) is 0.465. The van der Waals surface area contributed by atoms with Crippen LogP contribution in [0.2, 0.25) is 0 Å². The van der Waals surface area contributed by atoms with Crippen LogP contribution in [0.15, 0.2) is 54.6 Å². The van der Waals surface area contributed by atoms with Gasteiger partial charge in [-0.15, -0.1) is 0 Å². The summed E-state index contributed by atoms with van der Waals surface area (Å²) in [5.41, 5.74) is 2.31. The Morgan fingerprint density at radius 2 is 1.77 bits per heavy atom. The van der Waals surface area contributed by atoms with E-state index in [0.29, 0.717) is 17.4 Å². The first-order chi connectivity index (χ1) is 12.7. The predicted molar refractivity (Wildman–Crippen MR) is 98.5 cm³/mol. The highest BCUT2D eigenvalue weighted by Gasteiger charge is 2.24. The maximum atomic E-state index is 12.3. The molecule has 0 saturated heterocycles. The molecule has 26 heavy (non-hydrogen) atoms. The van der Waals surface area contributed by atoms with E-state index in [1.807, 2.05) is 47.0 Å². The summed E-state index contributed by atoms with van der Waals surface area (Å²) in [5, 5.41) is 5.89. The van der Waals surface area contributed by atoms with Gasteiger partial charge in [0.2, 0.25) is 5.91 Å². The van der Waals surface area contributed by atoms with E-state index in [9.17, 15) is 9.59 Å². The number of amides is 2. The van der Waals surface area contributed by atoms with Crippen LogP contribution in [0.1, 0.15) is 29.0 Å². The van der Waals surface area contributed by atoms with Crippen LogP contribution >= 0.6 is 0 Å². The monoisotopic (exact) mass is 348 g/mol. The molecule has 2 amide bonds. The lowest BCUT2D eigenvalue weighted by molar-refractivity contribution is -0.121. The Morgan fingerprint density at radius 1 is 1.04 bits per heavy atom. The number of carbonyl (C=O) groups is 2. The molecule has 132 valence electrons. The number of para-hydroxylation sites is 2. The number of nitrogens with zero attached hydrogens (tertiary/aromatic N) is 2. The summed E-state index contributed by atoms with van der Waals surface area (Å²) in [7, 11) is 0. The van der Waals surface area contributed by atoms with Crippen molar-refractivity contribution in [2.45, 2.75) is 32.0 Å². The molecule has 2 N–H and O–H groups in total. The van der Waals surface area contributed by atoms with Gasteiger partial charge in [0.25, 0.3) is 5.91 Å². The van der Waals surface area contributed by atoms with Crippen molar-refractivity contribution in [2.24, 2.45) is 0 Å². The van der Waals surface area contributed by atoms with E-state index in [2.05, 4.69) is 15.6 Å². The van der Waals surface area contributed by atoms with Crippen LogP contribution in [0.5, 0.6) is 0 Å². The molecule has 6 heteroatoms. The van der Waals surface area contributed by atoms with Gasteiger partial charge in [0.1, 0.15) is 12.4 Å². The van der Waals surface area contributed by atoms with E-state index in [0.717, 1.165) is 23.9 Å². The summed E-state index contributed by atoms with van der Waals surface area (Å²) in [6.07, 6.45) is 2.10. The highest BCUT2D eigenvalue weighted by Crippen LogP contribution is 2.20. The number of rotatable bonds is 6. The Bertz CT molecular complexity index is 945. The lowest BCUT2D eigenvalue weighted by Crippen LogP contribution is -2.31. The zero-order chi connectivity index (χ0) is 17.9. The van der Waals surface area contributed by atoms with Crippen molar-refractivity contribution in [1.29, 1.82) is 0 Å². The Labute approximate surface area is 151 Å². The number of imidazole rings is 1. The molecule has 0 radical (unpaired) electrons. The first-order valence-corrected chi connectivity index (χ1v) is 8.77. The molecule has 1 aliphatic rings. The number of aromatic nitrogens is 2. The van der Waals surface area contributed by atoms with Crippen LogP contribution in [0.25, 0.3) is 11.0 Å². The van der Waals surface area contributed by atoms with Crippen molar-refractivity contribution < 1.29 is 9.59 Å². The minimum Gasteiger partial charge on any atom is -0.352 e. The third-order valence-corrected chi connectivity index (χ3v) is 4.42. The van der Waals surface area contributed by atoms with E-state index in [1.165, 1.54) is 0 Å². The van der Waals surface area contributed by atoms with Gasteiger partial charge in [-0.2, -0.15) is 0 Å². The molecule has 1 heterocycles. The average Bonchev–Trinajstić information content (AvgIpc) is 3.41. The minimum absolute atomic E-state index is 0.0220. The first-order valence-electron chi connectivity index (χ1n) is 8.77. The molecule has 0 spiro atoms. The van der Waals surface area contributed by atoms with Crippen molar-refractivity contribution in [3.63, 3.8) is 0 Å². The molecule has 1 fully saturated rings. The molecule has 2 aromatic carbocycles. The number of benzene rings is 2. The quantitative estimate of drug-likeness (QED) is 0.717. The average molecular weight is 348 g/mol. The van der Waals surface area contributed by atoms with Gasteiger partial charge in [-0.1, -0.05) is 30.3 Å². The number of fused-ring (bicyclic) bond motifs is 1. The Hall–Kier alpha value is -3.15. The molecule has 0 bridgehead atoms. The van der Waals surface area contributed by atoms with E-state index < -0.39 is 0 Å². The van der Waals surface area contributed by atoms with Crippen molar-refractivity contribution >= 4 is 22.8 Å². The highest BCUT2D eigenvalue weighted by atomic mass is 16.2. The summed E-state index contributed by atoms with van der Waals surface area (Å²) in [5.74, 6) is 0.486. The fourth-order valence-corrected chi connectivity index (χ4v) is 2.93. The Morgan fingerprint density at radius 3 is 2.54 bits per heavy atom. The normalized spacial score (nSPS) is 13.5. The summed E-state index contributed by atoms with van der Waals surface area (Å²) >= 11 is 0. The maximum Gasteiger partial charge on any atom is 0.251 e. The lowest BCUT2D eigenvalue weighted by atomic mass is 10.2. The maximum absolute atomic E-state index is 12.3. The zero-order valence-electron chi connectivity index (χ0n) is 14.3. The van der Waals surface area contributed by atoms with E-state index in [1.54, 1.807) is 12.1 Å². The van der Waals surface area contributed by atoms with Gasteiger partial charge in [-0.3, -0.25) is 9.59 Å². The number of hydrogen-bond donors (Lipinski definition) is 2. The Balaban J connectivity index is 1.54. The number of carbonyl (C=O) groups excluding carboxylic acids is 2. The van der Waals surface area contributed by atoms with Crippen LogP contribution in [-0.2, 0) is 17.9 Å². The van der Waals surface area contributed by atoms with E-state index in [4.69, 9.17) is 0 Å². The van der Waals surface area contributed by atoms with Crippen molar-refractivity contribution in [3.05, 3.63) is 66.0 Å². The Kier molecular flexibility index (Phi) is 4.39. The third kappa shape index (κ3) is 3.59. The van der Waals surface area contributed by atoms with Crippen LogP contribution in [0.3, 0.4) is 0 Å². The molecule has 4 rings (SSSR count). The van der Waals surface area contributed by atoms with Crippen LogP contribution in [-0.4, -0.2) is 27.4 Å². The topological polar surface area (TPSA) is 76.0 Å². The van der Waals surface area contributed by atoms with Gasteiger partial charge in [-0.25, -0.2) is 4.98 Å². The summed E-state index contributed by atoms with van der Waals surface area (Å²) in [6, 6.07) is 17.1. The third-order valence-electron chi connectivity index (χ3n) is 4.42. The molecule has 1 aromatic heterocycles. The van der Waals surface area contributed by atoms with Crippen molar-refractivity contribution in [1.82, 2.24) is 20.2 Å². The van der Waals surface area contributed by atoms with Gasteiger partial charge >= 0.3 is 0 Å². The van der Waals surface area contributed by atoms with Gasteiger partial charge in [-0.05, 0) is 37.1 Å². The molecule has 0 atom stereocenters. The lowest BCUT2D eigenvalue weighted by Gasteiger charge is -2.10. The second-order valence-electron chi connectivity index (χ2n) is 6.49. The molecular formula is C20H20N4O2. The fourth-order valence-electron chi connectivity index (χ4n) is 2.93. The first kappa shape index (κ1) is 16.3. The van der Waals surface area contributed by atoms with Crippen molar-refractivity contribution in [2.75, 3.05) is 0 Å². The SMILES string of the molecule is O=C(Cn1c(CNC(=O)c2ccccc2)nc2ccccc21)NC1CC1. The second-order valence-corrected chi connectivity index (χ2v) is 6.49. The van der Waals surface area contributed by atoms with Gasteiger partial charge in [0.15, 0.2) is 0 Å². The molecule has 6 nitrogen and oxygen atoms in total. The van der Waals surface area contributed by atoms with E-state index >= 15 is 0 Å². The molecule has 1 saturated carbocycles. The van der Waals surface area contributed by atoms with Crippen molar-refractivity contribution in [3.8, 4) is 0 Å². The fraction of sp³-hybridized carbons (Fsp3) is 0.250. The number of hydrogen-bond acceptors (Lipinski definition) is 3. The number of nitrogens with one attached hydrogen (secondary N) is 2. The van der Waals surface area contributed by atoms with E-state index in [-0.39, 0.29) is 24.9 Å². The molecule has 3 aromatic rings. The zero-order valence-corrected chi connectivity index (χ0v) is 14.3. The van der Waals surface area contributed by atoms with Crippen LogP contribution in [0, 0.1) is 0 Å². The summed E-state index contributed by atoms with van der Waals surface area (Å²) in [4.78, 5) is 29.2. The molecule has 1 aliphatic carbocycles. The highest BCUT2D eigenvalue weighted by molar-refractivity contribution is 5.94. The minimum atomic E-state index is -0.161. The second kappa shape index (κ2) is 7.00. The van der Waals surface area contributed by atoms with Gasteiger partial charge in [0.05, 0.1) is 17.6 Å². The van der Waals surface area contributed by atoms with Crippen LogP contribution in [0.4, 0.5) is 0 Å². The molecule has 0 unspecified atom stereocenters. The van der Waals surface area contributed by atoms with Crippen LogP contribution < -0.4 is 10.6 Å². The smallest absolute Gasteiger partial charge is 0.251 e. The summed E-state index contributed by atoms with van der Waals surface area (Å²) < 4.78 is 1.87. The standard InChI is InChI=1S/C20H20N4O2/c25-19(22-15-10-11-15)13-24-17-9-5-4-8-16(17)23-18(24)12-21-20(26)14-6-2-1-3-7-14/h1-9,15H,10-13H2,(H,21,26)(H,22,25). The molecular weight excluding hydrogens is 328 g/mol. The predicted octanol–water partition coefficient (Wildman–Crippen LogP) is 2.24. The molecule has 0 aliphatic heterocycles. The largest absolute Gasteiger partial charge is 0.352 e.